The molecule has 1 heterocycles. The van der Waals surface area contributed by atoms with Crippen LogP contribution in [0.4, 0.5) is 0 Å². The van der Waals surface area contributed by atoms with Crippen LogP contribution in [0.5, 0.6) is 5.75 Å². The Morgan fingerprint density at radius 3 is 2.30 bits per heavy atom. The highest BCUT2D eigenvalue weighted by Crippen LogP contribution is 2.25. The second-order valence-corrected chi connectivity index (χ2v) is 7.06. The molecule has 0 aliphatic rings. The molecule has 0 fully saturated rings. The van der Waals surface area contributed by atoms with E-state index in [2.05, 4.69) is 20.9 Å². The van der Waals surface area contributed by atoms with Gasteiger partial charge >= 0.3 is 10.1 Å². The number of hydrogen-bond acceptors (Lipinski definition) is 4. The molecule has 0 aliphatic carbocycles. The Morgan fingerprint density at radius 1 is 1.15 bits per heavy atom. The first kappa shape index (κ1) is 15.3. The topological polar surface area (TPSA) is 56.3 Å². The summed E-state index contributed by atoms with van der Waals surface area (Å²) >= 11 is 8.87. The van der Waals surface area contributed by atoms with E-state index in [4.69, 9.17) is 15.8 Å². The van der Waals surface area contributed by atoms with Crippen molar-refractivity contribution in [3.63, 3.8) is 0 Å². The second-order valence-electron chi connectivity index (χ2n) is 4.30. The number of nitrogens with zero attached hydrogens (tertiary/aromatic N) is 1. The predicted octanol–water partition coefficient (Wildman–Crippen LogP) is 3.88. The zero-order chi connectivity index (χ0) is 14.9. The molecule has 0 amide bonds. The minimum atomic E-state index is -3.94. The van der Waals surface area contributed by atoms with Gasteiger partial charge in [0.1, 0.15) is 15.8 Å². The van der Waals surface area contributed by atoms with E-state index < -0.39 is 10.1 Å². The Bertz CT molecular complexity index is 742. The molecular weight excluding hydrogens is 366 g/mol. The number of aromatic nitrogens is 1. The molecule has 0 unspecified atom stereocenters. The van der Waals surface area contributed by atoms with Crippen molar-refractivity contribution < 1.29 is 12.6 Å². The second kappa shape index (κ2) is 5.71. The van der Waals surface area contributed by atoms with Gasteiger partial charge in [-0.1, -0.05) is 17.7 Å². The lowest BCUT2D eigenvalue weighted by atomic mass is 10.1. The van der Waals surface area contributed by atoms with Gasteiger partial charge in [0.15, 0.2) is 0 Å². The third-order valence-corrected chi connectivity index (χ3v) is 4.81. The molecule has 7 heteroatoms. The van der Waals surface area contributed by atoms with E-state index in [0.717, 1.165) is 17.3 Å². The number of rotatable bonds is 3. The van der Waals surface area contributed by atoms with Crippen LogP contribution in [-0.2, 0) is 10.1 Å². The summed E-state index contributed by atoms with van der Waals surface area (Å²) < 4.78 is 29.8. The Balaban J connectivity index is 2.37. The molecule has 20 heavy (non-hydrogen) atoms. The van der Waals surface area contributed by atoms with Gasteiger partial charge in [0, 0.05) is 0 Å². The summed E-state index contributed by atoms with van der Waals surface area (Å²) in [5.74, 6) is 0.272. The summed E-state index contributed by atoms with van der Waals surface area (Å²) in [5, 5.41) is 0.190. The molecular formula is C13H11BrClNO3S. The molecule has 1 aromatic carbocycles. The van der Waals surface area contributed by atoms with Crippen molar-refractivity contribution >= 4 is 37.6 Å². The molecule has 0 aliphatic heterocycles. The molecule has 0 saturated carbocycles. The van der Waals surface area contributed by atoms with Gasteiger partial charge in [-0.05, 0) is 59.1 Å². The SMILES string of the molecule is Cc1cc(C)cc(OS(=O)(=O)c2cnc(Cl)c(Br)c2)c1. The molecule has 0 bridgehead atoms. The smallest absolute Gasteiger partial charge is 0.340 e. The van der Waals surface area contributed by atoms with Crippen LogP contribution in [0.1, 0.15) is 11.1 Å². The summed E-state index contributed by atoms with van der Waals surface area (Å²) in [6.07, 6.45) is 1.16. The van der Waals surface area contributed by atoms with Gasteiger partial charge in [0.2, 0.25) is 0 Å². The van der Waals surface area contributed by atoms with E-state index in [1.54, 1.807) is 12.1 Å². The summed E-state index contributed by atoms with van der Waals surface area (Å²) in [6.45, 7) is 3.74. The highest BCUT2D eigenvalue weighted by atomic mass is 79.9. The van der Waals surface area contributed by atoms with Crippen molar-refractivity contribution in [1.82, 2.24) is 4.98 Å². The van der Waals surface area contributed by atoms with Gasteiger partial charge < -0.3 is 4.18 Å². The average Bonchev–Trinajstić information content (AvgIpc) is 2.30. The van der Waals surface area contributed by atoms with Crippen molar-refractivity contribution in [3.05, 3.63) is 51.2 Å². The number of hydrogen-bond donors (Lipinski definition) is 0. The van der Waals surface area contributed by atoms with Crippen molar-refractivity contribution in [3.8, 4) is 5.75 Å². The largest absolute Gasteiger partial charge is 0.379 e. The normalized spacial score (nSPS) is 11.4. The minimum Gasteiger partial charge on any atom is -0.379 e. The lowest BCUT2D eigenvalue weighted by Crippen LogP contribution is -2.10. The van der Waals surface area contributed by atoms with Crippen LogP contribution in [-0.4, -0.2) is 13.4 Å². The first-order chi connectivity index (χ1) is 9.28. The maximum Gasteiger partial charge on any atom is 0.340 e. The lowest BCUT2D eigenvalue weighted by molar-refractivity contribution is 0.485. The van der Waals surface area contributed by atoms with Crippen molar-refractivity contribution in [2.45, 2.75) is 18.7 Å². The van der Waals surface area contributed by atoms with Crippen LogP contribution >= 0.6 is 27.5 Å². The lowest BCUT2D eigenvalue weighted by Gasteiger charge is -2.09. The third-order valence-electron chi connectivity index (χ3n) is 2.46. The number of pyridine rings is 1. The maximum absolute atomic E-state index is 12.2. The molecule has 0 saturated heterocycles. The van der Waals surface area contributed by atoms with Crippen molar-refractivity contribution in [2.75, 3.05) is 0 Å². The Hall–Kier alpha value is -1.11. The molecule has 4 nitrogen and oxygen atoms in total. The van der Waals surface area contributed by atoms with Crippen LogP contribution in [0.2, 0.25) is 5.15 Å². The summed E-state index contributed by atoms with van der Waals surface area (Å²) in [5.41, 5.74) is 1.84. The fourth-order valence-electron chi connectivity index (χ4n) is 1.70. The molecule has 0 spiro atoms. The number of aryl methyl sites for hydroxylation is 2. The zero-order valence-corrected chi connectivity index (χ0v) is 13.9. The Labute approximate surface area is 131 Å². The van der Waals surface area contributed by atoms with Crippen molar-refractivity contribution in [1.29, 1.82) is 0 Å². The highest BCUT2D eigenvalue weighted by Gasteiger charge is 2.19. The zero-order valence-electron chi connectivity index (χ0n) is 10.7. The van der Waals surface area contributed by atoms with Crippen LogP contribution in [0.25, 0.3) is 0 Å². The van der Waals surface area contributed by atoms with E-state index in [0.29, 0.717) is 4.47 Å². The fourth-order valence-corrected chi connectivity index (χ4v) is 3.19. The molecule has 0 radical (unpaired) electrons. The quantitative estimate of drug-likeness (QED) is 0.602. The van der Waals surface area contributed by atoms with Gasteiger partial charge in [-0.2, -0.15) is 8.42 Å². The van der Waals surface area contributed by atoms with E-state index in [-0.39, 0.29) is 15.8 Å². The first-order valence-corrected chi connectivity index (χ1v) is 8.20. The fraction of sp³-hybridized carbons (Fsp3) is 0.154. The van der Waals surface area contributed by atoms with E-state index in [1.807, 2.05) is 19.9 Å². The van der Waals surface area contributed by atoms with Crippen LogP contribution in [0.15, 0.2) is 39.8 Å². The minimum absolute atomic E-state index is 0.0621. The van der Waals surface area contributed by atoms with Crippen LogP contribution in [0.3, 0.4) is 0 Å². The van der Waals surface area contributed by atoms with Gasteiger partial charge in [0.05, 0.1) is 10.7 Å². The monoisotopic (exact) mass is 375 g/mol. The molecule has 0 N–H and O–H groups in total. The van der Waals surface area contributed by atoms with E-state index >= 15 is 0 Å². The van der Waals surface area contributed by atoms with Gasteiger partial charge in [0.25, 0.3) is 0 Å². The molecule has 1 aromatic heterocycles. The van der Waals surface area contributed by atoms with E-state index in [1.165, 1.54) is 6.07 Å². The number of halogens is 2. The van der Waals surface area contributed by atoms with E-state index in [9.17, 15) is 8.42 Å². The highest BCUT2D eigenvalue weighted by molar-refractivity contribution is 9.10. The first-order valence-electron chi connectivity index (χ1n) is 5.62. The Morgan fingerprint density at radius 2 is 1.75 bits per heavy atom. The number of benzene rings is 1. The Kier molecular flexibility index (Phi) is 4.36. The van der Waals surface area contributed by atoms with Gasteiger partial charge in [-0.25, -0.2) is 4.98 Å². The molecule has 2 aromatic rings. The molecule has 106 valence electrons. The van der Waals surface area contributed by atoms with Crippen LogP contribution in [0, 0.1) is 13.8 Å². The molecule has 2 rings (SSSR count). The summed E-state index contributed by atoms with van der Waals surface area (Å²) in [7, 11) is -3.94. The van der Waals surface area contributed by atoms with Gasteiger partial charge in [-0.15, -0.1) is 0 Å². The predicted molar refractivity (Wildman–Crippen MR) is 80.7 cm³/mol. The van der Waals surface area contributed by atoms with Gasteiger partial charge in [-0.3, -0.25) is 0 Å². The average molecular weight is 377 g/mol. The summed E-state index contributed by atoms with van der Waals surface area (Å²) in [6, 6.07) is 6.60. The third kappa shape index (κ3) is 3.50. The standard InChI is InChI=1S/C13H11BrClNO3S/c1-8-3-9(2)5-10(4-8)19-20(17,18)11-6-12(14)13(15)16-7-11/h3-7H,1-2H3. The summed E-state index contributed by atoms with van der Waals surface area (Å²) in [4.78, 5) is 3.72. The van der Waals surface area contributed by atoms with Crippen molar-refractivity contribution in [2.24, 2.45) is 0 Å². The molecule has 0 atom stereocenters. The maximum atomic E-state index is 12.2. The van der Waals surface area contributed by atoms with Crippen LogP contribution < -0.4 is 4.18 Å².